The fraction of sp³-hybridized carbons (Fsp3) is 0.0588. The lowest BCUT2D eigenvalue weighted by molar-refractivity contribution is 0.661. The number of nitrogens with zero attached hydrogens (tertiary/aromatic N) is 2. The number of hydrogen-bond acceptors (Lipinski definition) is 3. The molecule has 0 spiro atoms. The monoisotopic (exact) mass is 706 g/mol. The van der Waals surface area contributed by atoms with Crippen LogP contribution in [0.5, 0.6) is 0 Å². The summed E-state index contributed by atoms with van der Waals surface area (Å²) in [6.07, 6.45) is 0. The van der Waals surface area contributed by atoms with E-state index in [-0.39, 0.29) is 5.41 Å². The highest BCUT2D eigenvalue weighted by molar-refractivity contribution is 7.25. The molecule has 0 unspecified atom stereocenters. The molecule has 1 aliphatic carbocycles. The molecule has 8 aromatic carbocycles. The van der Waals surface area contributed by atoms with E-state index in [2.05, 4.69) is 178 Å². The maximum Gasteiger partial charge on any atom is 0.160 e. The van der Waals surface area contributed by atoms with E-state index in [1.807, 2.05) is 17.4 Å². The van der Waals surface area contributed by atoms with Crippen molar-refractivity contribution in [1.29, 1.82) is 0 Å². The number of thiophene rings is 1. The number of hydrogen-bond donors (Lipinski definition) is 0. The second kappa shape index (κ2) is 11.8. The summed E-state index contributed by atoms with van der Waals surface area (Å²) in [5.74, 6) is 0.723. The third-order valence-corrected chi connectivity index (χ3v) is 12.6. The van der Waals surface area contributed by atoms with Crippen LogP contribution < -0.4 is 0 Å². The van der Waals surface area contributed by atoms with Gasteiger partial charge in [0.2, 0.25) is 0 Å². The van der Waals surface area contributed by atoms with Crippen LogP contribution in [0.25, 0.3) is 97.9 Å². The van der Waals surface area contributed by atoms with Gasteiger partial charge in [-0.2, -0.15) is 0 Å². The number of rotatable bonds is 4. The van der Waals surface area contributed by atoms with Crippen LogP contribution in [-0.2, 0) is 5.41 Å². The van der Waals surface area contributed by atoms with Crippen LogP contribution in [0.4, 0.5) is 0 Å². The maximum atomic E-state index is 5.25. The Bertz CT molecular complexity index is 3130. The Balaban J connectivity index is 1.07. The zero-order chi connectivity index (χ0) is 36.0. The van der Waals surface area contributed by atoms with Gasteiger partial charge in [-0.05, 0) is 79.2 Å². The summed E-state index contributed by atoms with van der Waals surface area (Å²) in [6.45, 7) is 4.74. The number of aromatic nitrogens is 2. The van der Waals surface area contributed by atoms with Gasteiger partial charge >= 0.3 is 0 Å². The van der Waals surface area contributed by atoms with Gasteiger partial charge in [0.25, 0.3) is 0 Å². The highest BCUT2D eigenvalue weighted by atomic mass is 32.1. The third-order valence-electron chi connectivity index (χ3n) is 11.5. The van der Waals surface area contributed by atoms with Gasteiger partial charge in [-0.15, -0.1) is 11.3 Å². The molecule has 0 radical (unpaired) electrons. The molecule has 0 atom stereocenters. The van der Waals surface area contributed by atoms with Gasteiger partial charge in [-0.25, -0.2) is 9.97 Å². The Morgan fingerprint density at radius 2 is 1.06 bits per heavy atom. The fourth-order valence-electron chi connectivity index (χ4n) is 8.78. The van der Waals surface area contributed by atoms with Crippen LogP contribution in [0.2, 0.25) is 0 Å². The largest absolute Gasteiger partial charge is 0.228 e. The van der Waals surface area contributed by atoms with E-state index >= 15 is 0 Å². The van der Waals surface area contributed by atoms with Crippen molar-refractivity contribution in [2.45, 2.75) is 19.3 Å². The molecular formula is C51H34N2S. The molecule has 0 bridgehead atoms. The second-order valence-electron chi connectivity index (χ2n) is 14.9. The van der Waals surface area contributed by atoms with Crippen LogP contribution in [0.1, 0.15) is 25.0 Å². The van der Waals surface area contributed by atoms with Crippen LogP contribution in [0.3, 0.4) is 0 Å². The predicted octanol–water partition coefficient (Wildman–Crippen LogP) is 14.1. The molecule has 10 aromatic rings. The third kappa shape index (κ3) is 4.72. The Kier molecular flexibility index (Phi) is 6.80. The average molecular weight is 707 g/mol. The summed E-state index contributed by atoms with van der Waals surface area (Å²) in [6, 6.07) is 61.7. The first-order valence-electron chi connectivity index (χ1n) is 18.6. The average Bonchev–Trinajstić information content (AvgIpc) is 3.71. The molecule has 54 heavy (non-hydrogen) atoms. The van der Waals surface area contributed by atoms with E-state index in [0.29, 0.717) is 0 Å². The molecule has 2 aromatic heterocycles. The molecule has 0 saturated carbocycles. The second-order valence-corrected chi connectivity index (χ2v) is 16.0. The van der Waals surface area contributed by atoms with E-state index < -0.39 is 0 Å². The molecule has 0 fully saturated rings. The van der Waals surface area contributed by atoms with E-state index in [9.17, 15) is 0 Å². The fourth-order valence-corrected chi connectivity index (χ4v) is 9.93. The molecular weight excluding hydrogens is 673 g/mol. The van der Waals surface area contributed by atoms with Crippen molar-refractivity contribution in [1.82, 2.24) is 9.97 Å². The van der Waals surface area contributed by atoms with E-state index in [1.165, 1.54) is 75.1 Å². The molecule has 254 valence electrons. The van der Waals surface area contributed by atoms with Crippen molar-refractivity contribution in [3.8, 4) is 56.2 Å². The summed E-state index contributed by atoms with van der Waals surface area (Å²) >= 11 is 1.83. The quantitative estimate of drug-likeness (QED) is 0.182. The highest BCUT2D eigenvalue weighted by Crippen LogP contribution is 2.52. The van der Waals surface area contributed by atoms with E-state index in [0.717, 1.165) is 33.9 Å². The SMILES string of the molecule is CC1(C)c2cc(-c3ccc(-c4cc(-c5ccc6c(c5)sc5ccccc56)nc(-c5ccccc5)n4)c4ccccc34)ccc2-c2c1ccc1ccccc21. The Morgan fingerprint density at radius 1 is 0.407 bits per heavy atom. The summed E-state index contributed by atoms with van der Waals surface area (Å²) in [4.78, 5) is 10.4. The molecule has 2 heterocycles. The minimum atomic E-state index is -0.107. The van der Waals surface area contributed by atoms with Crippen molar-refractivity contribution in [3.63, 3.8) is 0 Å². The molecule has 0 saturated heterocycles. The zero-order valence-corrected chi connectivity index (χ0v) is 30.8. The summed E-state index contributed by atoms with van der Waals surface area (Å²) in [5.41, 5.74) is 12.8. The van der Waals surface area contributed by atoms with Crippen molar-refractivity contribution < 1.29 is 0 Å². The standard InChI is InChI=1S/C51H34N2S/c1-51(2)43-27-22-31-12-6-7-15-36(31)49(43)42-24-20-33(28-44(42)51)35-25-26-39(38-17-9-8-16-37(35)38)46-30-45(52-50(53-46)32-13-4-3-5-14-32)34-21-23-41-40-18-10-11-19-47(40)54-48(41)29-34/h3-30H,1-2H3. The normalized spacial score (nSPS) is 13.1. The minimum Gasteiger partial charge on any atom is -0.228 e. The van der Waals surface area contributed by atoms with Gasteiger partial charge in [0.1, 0.15) is 0 Å². The lowest BCUT2D eigenvalue weighted by atomic mass is 9.81. The maximum absolute atomic E-state index is 5.25. The van der Waals surface area contributed by atoms with Crippen molar-refractivity contribution in [3.05, 3.63) is 181 Å². The van der Waals surface area contributed by atoms with Gasteiger partial charge in [0.05, 0.1) is 11.4 Å². The molecule has 11 rings (SSSR count). The molecule has 2 nitrogen and oxygen atoms in total. The smallest absolute Gasteiger partial charge is 0.160 e. The van der Waals surface area contributed by atoms with E-state index in [4.69, 9.17) is 9.97 Å². The number of benzene rings is 8. The van der Waals surface area contributed by atoms with Crippen LogP contribution in [-0.4, -0.2) is 9.97 Å². The lowest BCUT2D eigenvalue weighted by Crippen LogP contribution is -2.15. The van der Waals surface area contributed by atoms with Crippen molar-refractivity contribution in [2.75, 3.05) is 0 Å². The van der Waals surface area contributed by atoms with E-state index in [1.54, 1.807) is 0 Å². The first-order valence-corrected chi connectivity index (χ1v) is 19.4. The van der Waals surface area contributed by atoms with Gasteiger partial charge in [0.15, 0.2) is 5.82 Å². The Hall–Kier alpha value is -6.42. The summed E-state index contributed by atoms with van der Waals surface area (Å²) in [5, 5.41) is 7.58. The first-order chi connectivity index (χ1) is 26.5. The molecule has 0 N–H and O–H groups in total. The molecule has 0 amide bonds. The summed E-state index contributed by atoms with van der Waals surface area (Å²) < 4.78 is 2.56. The molecule has 0 aliphatic heterocycles. The van der Waals surface area contributed by atoms with Crippen LogP contribution >= 0.6 is 11.3 Å². The highest BCUT2D eigenvalue weighted by Gasteiger charge is 2.36. The first kappa shape index (κ1) is 31.1. The lowest BCUT2D eigenvalue weighted by Gasteiger charge is -2.22. The van der Waals surface area contributed by atoms with Crippen LogP contribution in [0, 0.1) is 0 Å². The van der Waals surface area contributed by atoms with Crippen LogP contribution in [0.15, 0.2) is 170 Å². The predicted molar refractivity (Wildman–Crippen MR) is 229 cm³/mol. The van der Waals surface area contributed by atoms with Gasteiger partial charge in [-0.3, -0.25) is 0 Å². The Labute approximate surface area is 318 Å². The topological polar surface area (TPSA) is 25.8 Å². The minimum absolute atomic E-state index is 0.107. The zero-order valence-electron chi connectivity index (χ0n) is 30.0. The van der Waals surface area contributed by atoms with Crippen molar-refractivity contribution >= 4 is 53.1 Å². The van der Waals surface area contributed by atoms with Gasteiger partial charge in [0, 0.05) is 42.3 Å². The van der Waals surface area contributed by atoms with Crippen molar-refractivity contribution in [2.24, 2.45) is 0 Å². The van der Waals surface area contributed by atoms with Gasteiger partial charge < -0.3 is 0 Å². The number of fused-ring (bicyclic) bond motifs is 9. The molecule has 3 heteroatoms. The molecule has 1 aliphatic rings. The summed E-state index contributed by atoms with van der Waals surface area (Å²) in [7, 11) is 0. The Morgan fingerprint density at radius 3 is 1.91 bits per heavy atom. The van der Waals surface area contributed by atoms with Gasteiger partial charge in [-0.1, -0.05) is 159 Å².